The van der Waals surface area contributed by atoms with Crippen LogP contribution in [-0.2, 0) is 0 Å². The lowest BCUT2D eigenvalue weighted by atomic mass is 10.1. The Balaban J connectivity index is 2.76. The van der Waals surface area contributed by atoms with Gasteiger partial charge in [0.15, 0.2) is 0 Å². The van der Waals surface area contributed by atoms with E-state index >= 15 is 0 Å². The van der Waals surface area contributed by atoms with E-state index in [4.69, 9.17) is 0 Å². The average Bonchev–Trinajstić information content (AvgIpc) is 2.27. The lowest BCUT2D eigenvalue weighted by Gasteiger charge is -2.13. The lowest BCUT2D eigenvalue weighted by molar-refractivity contribution is 1.78. The van der Waals surface area contributed by atoms with Crippen LogP contribution in [0.1, 0.15) is 0 Å². The van der Waals surface area contributed by atoms with Crippen molar-refractivity contribution in [2.24, 2.45) is 0 Å². The first-order valence-electron chi connectivity index (χ1n) is 6.12. The average molecular weight is 244 g/mol. The van der Waals surface area contributed by atoms with Gasteiger partial charge >= 0.3 is 0 Å². The SMILES string of the molecule is C[SiH](C)c1cccc2c([SiH](C)C)cccc12. The van der Waals surface area contributed by atoms with Gasteiger partial charge in [-0.05, 0) is 10.8 Å². The Morgan fingerprint density at radius 2 is 1.00 bits per heavy atom. The maximum absolute atomic E-state index is 2.41. The van der Waals surface area contributed by atoms with Crippen molar-refractivity contribution in [3.63, 3.8) is 0 Å². The summed E-state index contributed by atoms with van der Waals surface area (Å²) in [6.07, 6.45) is 0. The molecule has 84 valence electrons. The minimum absolute atomic E-state index is 0.716. The van der Waals surface area contributed by atoms with Crippen molar-refractivity contribution in [1.82, 2.24) is 0 Å². The molecule has 2 aromatic rings. The molecular formula is C14H20Si2. The quantitative estimate of drug-likeness (QED) is 0.711. The molecule has 0 bridgehead atoms. The van der Waals surface area contributed by atoms with Crippen molar-refractivity contribution in [2.45, 2.75) is 26.2 Å². The van der Waals surface area contributed by atoms with Gasteiger partial charge < -0.3 is 0 Å². The molecule has 0 fully saturated rings. The normalized spacial score (nSPS) is 11.6. The van der Waals surface area contributed by atoms with E-state index in [0.29, 0.717) is 0 Å². The molecule has 0 heterocycles. The molecule has 2 rings (SSSR count). The van der Waals surface area contributed by atoms with Crippen molar-refractivity contribution in [1.29, 1.82) is 0 Å². The van der Waals surface area contributed by atoms with Crippen LogP contribution in [0.4, 0.5) is 0 Å². The smallest absolute Gasteiger partial charge is 0.0655 e. The second-order valence-electron chi connectivity index (χ2n) is 5.10. The molecule has 16 heavy (non-hydrogen) atoms. The third-order valence-corrected chi connectivity index (χ3v) is 6.73. The van der Waals surface area contributed by atoms with Gasteiger partial charge in [0.2, 0.25) is 0 Å². The molecule has 0 nitrogen and oxygen atoms in total. The lowest BCUT2D eigenvalue weighted by Crippen LogP contribution is -2.28. The number of hydrogen-bond donors (Lipinski definition) is 0. The van der Waals surface area contributed by atoms with E-state index < -0.39 is 17.6 Å². The summed E-state index contributed by atoms with van der Waals surface area (Å²) in [5.74, 6) is 0. The topological polar surface area (TPSA) is 0 Å². The fourth-order valence-corrected chi connectivity index (χ4v) is 5.10. The van der Waals surface area contributed by atoms with E-state index in [-0.39, 0.29) is 0 Å². The van der Waals surface area contributed by atoms with Gasteiger partial charge in [0.05, 0.1) is 17.6 Å². The molecule has 0 amide bonds. The third-order valence-electron chi connectivity index (χ3n) is 3.23. The molecule has 0 saturated carbocycles. The number of rotatable bonds is 2. The number of benzene rings is 2. The van der Waals surface area contributed by atoms with Crippen LogP contribution in [0.2, 0.25) is 26.2 Å². The summed E-state index contributed by atoms with van der Waals surface area (Å²) in [5, 5.41) is 6.27. The van der Waals surface area contributed by atoms with E-state index in [1.54, 1.807) is 10.4 Å². The first kappa shape index (κ1) is 11.6. The van der Waals surface area contributed by atoms with Crippen LogP contribution in [0.3, 0.4) is 0 Å². The molecule has 0 aromatic heterocycles. The molecule has 0 N–H and O–H groups in total. The summed E-state index contributed by atoms with van der Waals surface area (Å²) in [5.41, 5.74) is 0. The highest BCUT2D eigenvalue weighted by atomic mass is 28.3. The summed E-state index contributed by atoms with van der Waals surface area (Å²) < 4.78 is 0. The van der Waals surface area contributed by atoms with Gasteiger partial charge in [0.1, 0.15) is 0 Å². The predicted octanol–water partition coefficient (Wildman–Crippen LogP) is 2.23. The standard InChI is InChI=1S/C14H20Si2/c1-15(2)13-9-5-8-12-11(13)7-6-10-14(12)16(3)4/h5-10,15-16H,1-4H3. The Bertz CT molecular complexity index is 454. The molecule has 2 aromatic carbocycles. The van der Waals surface area contributed by atoms with Gasteiger partial charge in [-0.2, -0.15) is 0 Å². The van der Waals surface area contributed by atoms with Crippen LogP contribution >= 0.6 is 0 Å². The largest absolute Gasteiger partial charge is 0.0682 e. The predicted molar refractivity (Wildman–Crippen MR) is 81.0 cm³/mol. The van der Waals surface area contributed by atoms with E-state index in [9.17, 15) is 0 Å². The van der Waals surface area contributed by atoms with Gasteiger partial charge in [-0.3, -0.25) is 0 Å². The first-order valence-corrected chi connectivity index (χ1v) is 11.9. The Kier molecular flexibility index (Phi) is 3.31. The molecule has 0 radical (unpaired) electrons. The molecule has 2 heteroatoms. The minimum atomic E-state index is -0.716. The molecule has 0 aliphatic heterocycles. The maximum Gasteiger partial charge on any atom is 0.0655 e. The second-order valence-corrected chi connectivity index (χ2v) is 11.0. The highest BCUT2D eigenvalue weighted by molar-refractivity contribution is 6.75. The zero-order valence-electron chi connectivity index (χ0n) is 10.6. The van der Waals surface area contributed by atoms with Gasteiger partial charge in [-0.15, -0.1) is 0 Å². The number of fused-ring (bicyclic) bond motifs is 1. The molecule has 0 aliphatic carbocycles. The Labute approximate surface area is 102 Å². The third kappa shape index (κ3) is 1.99. The van der Waals surface area contributed by atoms with Crippen LogP contribution in [-0.4, -0.2) is 17.6 Å². The van der Waals surface area contributed by atoms with Gasteiger partial charge in [0.25, 0.3) is 0 Å². The van der Waals surface area contributed by atoms with E-state index in [1.807, 2.05) is 0 Å². The summed E-state index contributed by atoms with van der Waals surface area (Å²) >= 11 is 0. The van der Waals surface area contributed by atoms with Crippen molar-refractivity contribution >= 4 is 38.7 Å². The summed E-state index contributed by atoms with van der Waals surface area (Å²) in [7, 11) is -1.43. The fraction of sp³-hybridized carbons (Fsp3) is 0.286. The molecule has 0 saturated heterocycles. The van der Waals surface area contributed by atoms with Crippen LogP contribution in [0, 0.1) is 0 Å². The summed E-state index contributed by atoms with van der Waals surface area (Å²) in [6.45, 7) is 9.64. The molecule has 0 atom stereocenters. The zero-order chi connectivity index (χ0) is 11.7. The number of hydrogen-bond acceptors (Lipinski definition) is 0. The second kappa shape index (κ2) is 4.56. The Morgan fingerprint density at radius 1 is 0.625 bits per heavy atom. The van der Waals surface area contributed by atoms with Crippen LogP contribution in [0.15, 0.2) is 36.4 Å². The first-order chi connectivity index (χ1) is 7.61. The van der Waals surface area contributed by atoms with Crippen molar-refractivity contribution in [3.05, 3.63) is 36.4 Å². The Morgan fingerprint density at radius 3 is 1.31 bits per heavy atom. The van der Waals surface area contributed by atoms with Crippen LogP contribution in [0.25, 0.3) is 10.8 Å². The van der Waals surface area contributed by atoms with E-state index in [1.165, 1.54) is 10.8 Å². The van der Waals surface area contributed by atoms with Crippen molar-refractivity contribution in [2.75, 3.05) is 0 Å². The van der Waals surface area contributed by atoms with Crippen LogP contribution < -0.4 is 10.4 Å². The molecular weight excluding hydrogens is 224 g/mol. The minimum Gasteiger partial charge on any atom is -0.0682 e. The monoisotopic (exact) mass is 244 g/mol. The van der Waals surface area contributed by atoms with E-state index in [2.05, 4.69) is 62.6 Å². The van der Waals surface area contributed by atoms with Crippen molar-refractivity contribution in [3.8, 4) is 0 Å². The van der Waals surface area contributed by atoms with Gasteiger partial charge in [-0.1, -0.05) is 73.0 Å². The Hall–Kier alpha value is -0.866. The maximum atomic E-state index is 2.41. The zero-order valence-corrected chi connectivity index (χ0v) is 12.9. The molecule has 0 spiro atoms. The summed E-state index contributed by atoms with van der Waals surface area (Å²) in [4.78, 5) is 0. The van der Waals surface area contributed by atoms with Crippen LogP contribution in [0.5, 0.6) is 0 Å². The molecule has 0 aliphatic rings. The fourth-order valence-electron chi connectivity index (χ4n) is 2.37. The van der Waals surface area contributed by atoms with E-state index in [0.717, 1.165) is 0 Å². The highest BCUT2D eigenvalue weighted by Gasteiger charge is 2.10. The van der Waals surface area contributed by atoms with Crippen molar-refractivity contribution < 1.29 is 0 Å². The molecule has 0 unspecified atom stereocenters. The highest BCUT2D eigenvalue weighted by Crippen LogP contribution is 2.11. The van der Waals surface area contributed by atoms with Gasteiger partial charge in [-0.25, -0.2) is 0 Å². The summed E-state index contributed by atoms with van der Waals surface area (Å²) in [6, 6.07) is 13.7. The van der Waals surface area contributed by atoms with Gasteiger partial charge in [0, 0.05) is 0 Å².